The van der Waals surface area contributed by atoms with Gasteiger partial charge in [-0.1, -0.05) is 0 Å². The first kappa shape index (κ1) is 15.3. The van der Waals surface area contributed by atoms with Crippen LogP contribution in [-0.2, 0) is 4.79 Å². The van der Waals surface area contributed by atoms with Gasteiger partial charge in [0.05, 0.1) is 12.8 Å². The van der Waals surface area contributed by atoms with Gasteiger partial charge in [0.25, 0.3) is 5.91 Å². The van der Waals surface area contributed by atoms with Crippen LogP contribution in [0.5, 0.6) is 0 Å². The van der Waals surface area contributed by atoms with Crippen LogP contribution in [0.2, 0.25) is 0 Å². The fourth-order valence-corrected chi connectivity index (χ4v) is 2.71. The lowest BCUT2D eigenvalue weighted by molar-refractivity contribution is -0.119. The number of aromatic nitrogens is 2. The third-order valence-corrected chi connectivity index (χ3v) is 3.90. The predicted octanol–water partition coefficient (Wildman–Crippen LogP) is 0.349. The number of nitrogens with two attached hydrogens (primary N) is 1. The highest BCUT2D eigenvalue weighted by atomic mass is 16.3. The molecule has 1 aliphatic heterocycles. The minimum Gasteiger partial charge on any atom is -0.463 e. The first-order valence-electron chi connectivity index (χ1n) is 7.52. The summed E-state index contributed by atoms with van der Waals surface area (Å²) in [6.45, 7) is 1.75. The number of carbonyl (C=O) groups is 2. The third kappa shape index (κ3) is 3.78. The number of aromatic amines is 1. The third-order valence-electron chi connectivity index (χ3n) is 3.90. The fraction of sp³-hybridized carbons (Fsp3) is 0.400. The molecule has 122 valence electrons. The van der Waals surface area contributed by atoms with Crippen LogP contribution < -0.4 is 11.1 Å². The van der Waals surface area contributed by atoms with Crippen LogP contribution in [0.3, 0.4) is 0 Å². The molecule has 1 saturated heterocycles. The first-order valence-corrected chi connectivity index (χ1v) is 7.52. The second kappa shape index (κ2) is 6.66. The van der Waals surface area contributed by atoms with E-state index in [0.29, 0.717) is 17.1 Å². The highest BCUT2D eigenvalue weighted by Crippen LogP contribution is 2.18. The molecule has 0 atom stereocenters. The first-order chi connectivity index (χ1) is 11.1. The number of likely N-dealkylation sites (tertiary alicyclic amines) is 1. The molecular formula is C15H19N5O3. The Hall–Kier alpha value is -2.61. The molecule has 4 N–H and O–H groups in total. The van der Waals surface area contributed by atoms with E-state index in [1.807, 2.05) is 4.90 Å². The molecule has 3 heterocycles. The molecule has 2 amide bonds. The molecule has 2 aromatic heterocycles. The number of H-pyrrole nitrogens is 1. The normalized spacial score (nSPS) is 16.3. The van der Waals surface area contributed by atoms with E-state index < -0.39 is 0 Å². The van der Waals surface area contributed by atoms with Crippen molar-refractivity contribution in [1.29, 1.82) is 0 Å². The molecule has 8 nitrogen and oxygen atoms in total. The van der Waals surface area contributed by atoms with Crippen LogP contribution in [0, 0.1) is 0 Å². The monoisotopic (exact) mass is 317 g/mol. The topological polar surface area (TPSA) is 117 Å². The van der Waals surface area contributed by atoms with Gasteiger partial charge in [0.2, 0.25) is 5.91 Å². The molecule has 0 bridgehead atoms. The summed E-state index contributed by atoms with van der Waals surface area (Å²) in [6.07, 6.45) is 3.14. The van der Waals surface area contributed by atoms with Crippen molar-refractivity contribution in [2.45, 2.75) is 18.9 Å². The summed E-state index contributed by atoms with van der Waals surface area (Å²) in [7, 11) is 0. The van der Waals surface area contributed by atoms with Crippen molar-refractivity contribution in [3.63, 3.8) is 0 Å². The van der Waals surface area contributed by atoms with Gasteiger partial charge in [0.1, 0.15) is 5.69 Å². The minimum atomic E-state index is -0.325. The molecule has 8 heteroatoms. The molecule has 23 heavy (non-hydrogen) atoms. The van der Waals surface area contributed by atoms with Crippen molar-refractivity contribution in [3.8, 4) is 11.5 Å². The highest BCUT2D eigenvalue weighted by molar-refractivity contribution is 5.93. The average Bonchev–Trinajstić information content (AvgIpc) is 3.19. The summed E-state index contributed by atoms with van der Waals surface area (Å²) < 4.78 is 5.26. The number of carbonyl (C=O) groups excluding carboxylic acids is 2. The van der Waals surface area contributed by atoms with Gasteiger partial charge in [-0.05, 0) is 25.0 Å². The number of rotatable bonds is 5. The Balaban J connectivity index is 1.53. The Morgan fingerprint density at radius 1 is 1.43 bits per heavy atom. The van der Waals surface area contributed by atoms with Gasteiger partial charge < -0.3 is 15.5 Å². The van der Waals surface area contributed by atoms with Crippen LogP contribution in [0.1, 0.15) is 23.3 Å². The standard InChI is InChI=1S/C15H19N5O3/c16-14(21)9-20-5-3-10(4-6-20)17-15(22)12-8-11(18-19-12)13-2-1-7-23-13/h1-2,7-8,10H,3-6,9H2,(H2,16,21)(H,17,22)(H,18,19). The van der Waals surface area contributed by atoms with E-state index >= 15 is 0 Å². The quantitative estimate of drug-likeness (QED) is 0.735. The summed E-state index contributed by atoms with van der Waals surface area (Å²) in [5.41, 5.74) is 6.18. The van der Waals surface area contributed by atoms with Gasteiger partial charge >= 0.3 is 0 Å². The summed E-state index contributed by atoms with van der Waals surface area (Å²) in [5, 5.41) is 9.79. The maximum atomic E-state index is 12.2. The van der Waals surface area contributed by atoms with Gasteiger partial charge in [-0.15, -0.1) is 0 Å². The molecule has 0 saturated carbocycles. The Kier molecular flexibility index (Phi) is 4.42. The average molecular weight is 317 g/mol. The Morgan fingerprint density at radius 2 is 2.22 bits per heavy atom. The van der Waals surface area contributed by atoms with Crippen LogP contribution in [0.25, 0.3) is 11.5 Å². The molecule has 2 aromatic rings. The van der Waals surface area contributed by atoms with Crippen molar-refractivity contribution in [2.24, 2.45) is 5.73 Å². The van der Waals surface area contributed by atoms with Crippen LogP contribution in [0.4, 0.5) is 0 Å². The largest absolute Gasteiger partial charge is 0.463 e. The van der Waals surface area contributed by atoms with Crippen molar-refractivity contribution in [2.75, 3.05) is 19.6 Å². The minimum absolute atomic E-state index is 0.0791. The van der Waals surface area contributed by atoms with Crippen LogP contribution in [0.15, 0.2) is 28.9 Å². The zero-order valence-electron chi connectivity index (χ0n) is 12.6. The summed E-state index contributed by atoms with van der Waals surface area (Å²) in [5.74, 6) is 0.0955. The van der Waals surface area contributed by atoms with E-state index in [2.05, 4.69) is 15.5 Å². The fourth-order valence-electron chi connectivity index (χ4n) is 2.71. The number of nitrogens with one attached hydrogen (secondary N) is 2. The SMILES string of the molecule is NC(=O)CN1CCC(NC(=O)c2cc(-c3ccco3)[nH]n2)CC1. The maximum Gasteiger partial charge on any atom is 0.272 e. The smallest absolute Gasteiger partial charge is 0.272 e. The van der Waals surface area contributed by atoms with Gasteiger partial charge in [-0.2, -0.15) is 5.10 Å². The number of hydrogen-bond acceptors (Lipinski definition) is 5. The Bertz CT molecular complexity index is 671. The molecule has 0 spiro atoms. The predicted molar refractivity (Wildman–Crippen MR) is 82.4 cm³/mol. The van der Waals surface area contributed by atoms with Gasteiger partial charge in [-0.3, -0.25) is 19.6 Å². The van der Waals surface area contributed by atoms with Crippen molar-refractivity contribution < 1.29 is 14.0 Å². The van der Waals surface area contributed by atoms with Crippen LogP contribution in [-0.4, -0.2) is 52.6 Å². The molecule has 0 aliphatic carbocycles. The van der Waals surface area contributed by atoms with Gasteiger partial charge in [-0.25, -0.2) is 0 Å². The second-order valence-corrected chi connectivity index (χ2v) is 5.63. The van der Waals surface area contributed by atoms with E-state index in [9.17, 15) is 9.59 Å². The molecule has 0 unspecified atom stereocenters. The lowest BCUT2D eigenvalue weighted by Gasteiger charge is -2.31. The zero-order chi connectivity index (χ0) is 16.2. The molecule has 0 aromatic carbocycles. The van der Waals surface area contributed by atoms with Gasteiger partial charge in [0, 0.05) is 25.2 Å². The Morgan fingerprint density at radius 3 is 2.87 bits per heavy atom. The number of hydrogen-bond donors (Lipinski definition) is 3. The van der Waals surface area contributed by atoms with E-state index in [1.54, 1.807) is 24.5 Å². The van der Waals surface area contributed by atoms with E-state index in [1.165, 1.54) is 0 Å². The maximum absolute atomic E-state index is 12.2. The second-order valence-electron chi connectivity index (χ2n) is 5.63. The summed E-state index contributed by atoms with van der Waals surface area (Å²) in [6, 6.07) is 5.31. The van der Waals surface area contributed by atoms with E-state index in [-0.39, 0.29) is 24.4 Å². The zero-order valence-corrected chi connectivity index (χ0v) is 12.6. The van der Waals surface area contributed by atoms with Crippen LogP contribution >= 0.6 is 0 Å². The molecular weight excluding hydrogens is 298 g/mol. The molecule has 1 fully saturated rings. The van der Waals surface area contributed by atoms with Crippen molar-refractivity contribution in [1.82, 2.24) is 20.4 Å². The number of furan rings is 1. The van der Waals surface area contributed by atoms with E-state index in [4.69, 9.17) is 10.2 Å². The highest BCUT2D eigenvalue weighted by Gasteiger charge is 2.23. The molecule has 0 radical (unpaired) electrons. The number of nitrogens with zero attached hydrogens (tertiary/aromatic N) is 2. The lowest BCUT2D eigenvalue weighted by Crippen LogP contribution is -2.46. The molecule has 3 rings (SSSR count). The van der Waals surface area contributed by atoms with Crippen molar-refractivity contribution >= 4 is 11.8 Å². The van der Waals surface area contributed by atoms with Crippen molar-refractivity contribution in [3.05, 3.63) is 30.2 Å². The van der Waals surface area contributed by atoms with Gasteiger partial charge in [0.15, 0.2) is 11.5 Å². The number of amides is 2. The van der Waals surface area contributed by atoms with E-state index in [0.717, 1.165) is 25.9 Å². The molecule has 1 aliphatic rings. The lowest BCUT2D eigenvalue weighted by atomic mass is 10.0. The Labute approximate surface area is 133 Å². The number of piperidine rings is 1. The summed E-state index contributed by atoms with van der Waals surface area (Å²) in [4.78, 5) is 25.1. The number of primary amides is 1. The summed E-state index contributed by atoms with van der Waals surface area (Å²) >= 11 is 0.